The van der Waals surface area contributed by atoms with Crippen LogP contribution >= 0.6 is 0 Å². The summed E-state index contributed by atoms with van der Waals surface area (Å²) in [6, 6.07) is 3.88. The maximum atomic E-state index is 8.06. The molecule has 0 bridgehead atoms. The smallest absolute Gasteiger partial charge is 0.0684 e. The van der Waals surface area contributed by atoms with Gasteiger partial charge in [-0.25, -0.2) is 0 Å². The van der Waals surface area contributed by atoms with Crippen molar-refractivity contribution in [2.45, 2.75) is 19.9 Å². The van der Waals surface area contributed by atoms with Crippen LogP contribution in [0.4, 0.5) is 0 Å². The van der Waals surface area contributed by atoms with Gasteiger partial charge in [0.25, 0.3) is 0 Å². The van der Waals surface area contributed by atoms with Crippen LogP contribution in [-0.4, -0.2) is 4.98 Å². The molecule has 0 spiro atoms. The summed E-state index contributed by atoms with van der Waals surface area (Å²) in [5.41, 5.74) is 10.1. The first-order valence-electron chi connectivity index (χ1n) is 3.81. The van der Waals surface area contributed by atoms with Crippen LogP contribution in [0.3, 0.4) is 0 Å². The van der Waals surface area contributed by atoms with Gasteiger partial charge in [0.15, 0.2) is 0 Å². The molecule has 1 heterocycles. The minimum atomic E-state index is 0.334. The van der Waals surface area contributed by atoms with E-state index in [-0.39, 0.29) is 0 Å². The van der Waals surface area contributed by atoms with Crippen LogP contribution in [-0.2, 0) is 13.0 Å². The van der Waals surface area contributed by atoms with Gasteiger partial charge in [-0.3, -0.25) is 4.98 Å². The van der Waals surface area contributed by atoms with Gasteiger partial charge in [0.1, 0.15) is 0 Å². The van der Waals surface area contributed by atoms with Crippen LogP contribution in [0.2, 0.25) is 0 Å². The number of hydrogen-bond donors (Lipinski definition) is 0. The highest BCUT2D eigenvalue weighted by molar-refractivity contribution is 5.13. The van der Waals surface area contributed by atoms with Gasteiger partial charge >= 0.3 is 0 Å². The minimum absolute atomic E-state index is 0.334. The molecular weight excluding hydrogens is 152 g/mol. The molecular formula is C8H10N4. The van der Waals surface area contributed by atoms with Crippen molar-refractivity contribution < 1.29 is 0 Å². The number of hydrogen-bond acceptors (Lipinski definition) is 2. The number of nitrogens with zero attached hydrogens (tertiary/aromatic N) is 4. The summed E-state index contributed by atoms with van der Waals surface area (Å²) in [5.74, 6) is 0. The Morgan fingerprint density at radius 1 is 1.58 bits per heavy atom. The molecule has 0 aliphatic rings. The average Bonchev–Trinajstić information content (AvgIpc) is 2.15. The van der Waals surface area contributed by atoms with Gasteiger partial charge in [0, 0.05) is 16.8 Å². The molecule has 0 fully saturated rings. The quantitative estimate of drug-likeness (QED) is 0.382. The van der Waals surface area contributed by atoms with E-state index < -0.39 is 0 Å². The zero-order valence-electron chi connectivity index (χ0n) is 6.94. The molecule has 0 aliphatic carbocycles. The topological polar surface area (TPSA) is 61.7 Å². The van der Waals surface area contributed by atoms with Crippen molar-refractivity contribution in [3.8, 4) is 0 Å². The molecule has 0 amide bonds. The van der Waals surface area contributed by atoms with Gasteiger partial charge in [-0.1, -0.05) is 18.1 Å². The molecule has 0 saturated heterocycles. The fourth-order valence-corrected chi connectivity index (χ4v) is 0.862. The molecule has 62 valence electrons. The van der Waals surface area contributed by atoms with Crippen LogP contribution in [0.25, 0.3) is 10.4 Å². The summed E-state index contributed by atoms with van der Waals surface area (Å²) in [4.78, 5) is 6.78. The van der Waals surface area contributed by atoms with Crippen LogP contribution in [0.15, 0.2) is 23.4 Å². The predicted octanol–water partition coefficient (Wildman–Crippen LogP) is 2.45. The molecule has 0 aromatic carbocycles. The van der Waals surface area contributed by atoms with Gasteiger partial charge < -0.3 is 0 Å². The van der Waals surface area contributed by atoms with E-state index in [1.54, 1.807) is 0 Å². The fourth-order valence-electron chi connectivity index (χ4n) is 0.862. The molecule has 0 aliphatic heterocycles. The van der Waals surface area contributed by atoms with Gasteiger partial charge in [0.05, 0.1) is 6.54 Å². The number of azide groups is 1. The second-order valence-electron chi connectivity index (χ2n) is 2.40. The lowest BCUT2D eigenvalue weighted by Crippen LogP contribution is -1.88. The van der Waals surface area contributed by atoms with E-state index in [0.29, 0.717) is 6.54 Å². The summed E-state index contributed by atoms with van der Waals surface area (Å²) in [5, 5.41) is 3.42. The fraction of sp³-hybridized carbons (Fsp3) is 0.375. The third-order valence-electron chi connectivity index (χ3n) is 1.59. The highest BCUT2D eigenvalue weighted by Crippen LogP contribution is 2.01. The normalized spacial score (nSPS) is 9.08. The van der Waals surface area contributed by atoms with E-state index in [1.807, 2.05) is 18.3 Å². The van der Waals surface area contributed by atoms with E-state index in [1.165, 1.54) is 5.56 Å². The van der Waals surface area contributed by atoms with Crippen molar-refractivity contribution in [2.75, 3.05) is 0 Å². The van der Waals surface area contributed by atoms with Crippen LogP contribution in [0.1, 0.15) is 18.2 Å². The second kappa shape index (κ2) is 4.36. The Bertz CT molecular complexity index is 284. The van der Waals surface area contributed by atoms with Gasteiger partial charge in [-0.15, -0.1) is 0 Å². The largest absolute Gasteiger partial charge is 0.261 e. The summed E-state index contributed by atoms with van der Waals surface area (Å²) in [6.45, 7) is 2.41. The monoisotopic (exact) mass is 162 g/mol. The zero-order valence-corrected chi connectivity index (χ0v) is 6.94. The van der Waals surface area contributed by atoms with Gasteiger partial charge in [0.2, 0.25) is 0 Å². The average molecular weight is 162 g/mol. The summed E-state index contributed by atoms with van der Waals surface area (Å²) >= 11 is 0. The molecule has 4 nitrogen and oxygen atoms in total. The molecule has 0 N–H and O–H groups in total. The second-order valence-corrected chi connectivity index (χ2v) is 2.40. The lowest BCUT2D eigenvalue weighted by Gasteiger charge is -1.96. The van der Waals surface area contributed by atoms with E-state index >= 15 is 0 Å². The van der Waals surface area contributed by atoms with Crippen LogP contribution in [0.5, 0.6) is 0 Å². The Kier molecular flexibility index (Phi) is 3.11. The van der Waals surface area contributed by atoms with Crippen molar-refractivity contribution in [1.29, 1.82) is 0 Å². The third kappa shape index (κ3) is 2.25. The van der Waals surface area contributed by atoms with Crippen molar-refractivity contribution in [3.63, 3.8) is 0 Å². The Balaban J connectivity index is 2.70. The van der Waals surface area contributed by atoms with Crippen molar-refractivity contribution >= 4 is 0 Å². The van der Waals surface area contributed by atoms with Crippen LogP contribution < -0.4 is 0 Å². The van der Waals surface area contributed by atoms with E-state index in [4.69, 9.17) is 5.53 Å². The Hall–Kier alpha value is -1.54. The third-order valence-corrected chi connectivity index (χ3v) is 1.59. The highest BCUT2D eigenvalue weighted by Gasteiger charge is 1.91. The molecule has 0 saturated carbocycles. The lowest BCUT2D eigenvalue weighted by atomic mass is 10.2. The minimum Gasteiger partial charge on any atom is -0.261 e. The highest BCUT2D eigenvalue weighted by atomic mass is 15.1. The predicted molar refractivity (Wildman–Crippen MR) is 46.5 cm³/mol. The summed E-state index contributed by atoms with van der Waals surface area (Å²) in [6.07, 6.45) is 2.79. The van der Waals surface area contributed by atoms with Crippen LogP contribution in [0, 0.1) is 0 Å². The zero-order chi connectivity index (χ0) is 8.81. The van der Waals surface area contributed by atoms with Crippen molar-refractivity contribution in [1.82, 2.24) is 4.98 Å². The summed E-state index contributed by atoms with van der Waals surface area (Å²) in [7, 11) is 0. The van der Waals surface area contributed by atoms with Crippen molar-refractivity contribution in [2.24, 2.45) is 5.11 Å². The number of pyridine rings is 1. The molecule has 0 atom stereocenters. The Morgan fingerprint density at radius 2 is 2.42 bits per heavy atom. The molecule has 12 heavy (non-hydrogen) atoms. The SMILES string of the molecule is CCc1ccc(CN=[N+]=[N-])nc1. The first-order valence-corrected chi connectivity index (χ1v) is 3.81. The first kappa shape index (κ1) is 8.56. The Labute approximate surface area is 70.9 Å². The van der Waals surface area contributed by atoms with E-state index in [0.717, 1.165) is 12.1 Å². The lowest BCUT2D eigenvalue weighted by molar-refractivity contribution is 0.960. The molecule has 1 aromatic heterocycles. The number of aromatic nitrogens is 1. The molecule has 0 unspecified atom stereocenters. The number of aryl methyl sites for hydroxylation is 1. The first-order chi connectivity index (χ1) is 5.86. The van der Waals surface area contributed by atoms with Gasteiger partial charge in [-0.2, -0.15) is 0 Å². The van der Waals surface area contributed by atoms with Crippen molar-refractivity contribution in [3.05, 3.63) is 40.0 Å². The molecule has 4 heteroatoms. The Morgan fingerprint density at radius 3 is 2.92 bits per heavy atom. The maximum absolute atomic E-state index is 8.06. The summed E-state index contributed by atoms with van der Waals surface area (Å²) < 4.78 is 0. The standard InChI is InChI=1S/C8H10N4/c1-2-7-3-4-8(10-5-7)6-11-12-9/h3-5H,2,6H2,1H3. The molecule has 1 rings (SSSR count). The molecule has 0 radical (unpaired) electrons. The number of rotatable bonds is 3. The van der Waals surface area contributed by atoms with E-state index in [9.17, 15) is 0 Å². The maximum Gasteiger partial charge on any atom is 0.0684 e. The van der Waals surface area contributed by atoms with E-state index in [2.05, 4.69) is 21.9 Å². The van der Waals surface area contributed by atoms with Gasteiger partial charge in [-0.05, 0) is 23.6 Å². The molecule has 1 aromatic rings.